The van der Waals surface area contributed by atoms with Gasteiger partial charge in [0.15, 0.2) is 0 Å². The van der Waals surface area contributed by atoms with Crippen LogP contribution in [0.5, 0.6) is 5.75 Å². The predicted molar refractivity (Wildman–Crippen MR) is 166 cm³/mol. The summed E-state index contributed by atoms with van der Waals surface area (Å²) in [6, 6.07) is 14.1. The van der Waals surface area contributed by atoms with Crippen LogP contribution in [0.2, 0.25) is 0 Å². The smallest absolute Gasteiger partial charge is 0.122 e. The summed E-state index contributed by atoms with van der Waals surface area (Å²) in [6.07, 6.45) is 21.1. The Balaban J connectivity index is 1.84. The molecule has 0 spiro atoms. The maximum absolute atomic E-state index is 6.23. The van der Waals surface area contributed by atoms with Crippen LogP contribution in [-0.4, -0.2) is 19.8 Å². The zero-order chi connectivity index (χ0) is 27.3. The van der Waals surface area contributed by atoms with Crippen molar-refractivity contribution < 1.29 is 9.47 Å². The van der Waals surface area contributed by atoms with Crippen molar-refractivity contribution in [2.45, 2.75) is 137 Å². The standard InChI is InChI=1S/C36H58O2/c1-5-9-13-17-31-21-23-33(34(29-31)19-15-11-7-3)25-26-37-27-28-38-36-24-22-32(18-14-10-6-2)30-35(36)20-16-12-8-4/h21-24,29-30H,5-20,25-28H2,1-4H3. The Morgan fingerprint density at radius 2 is 0.974 bits per heavy atom. The molecular weight excluding hydrogens is 464 g/mol. The van der Waals surface area contributed by atoms with Gasteiger partial charge in [0.05, 0.1) is 13.2 Å². The predicted octanol–water partition coefficient (Wildman–Crippen LogP) is 10.3. The van der Waals surface area contributed by atoms with Crippen LogP contribution in [0.25, 0.3) is 0 Å². The summed E-state index contributed by atoms with van der Waals surface area (Å²) >= 11 is 0. The Kier molecular flexibility index (Phi) is 18.0. The van der Waals surface area contributed by atoms with E-state index in [1.165, 1.54) is 119 Å². The zero-order valence-electron chi connectivity index (χ0n) is 25.4. The van der Waals surface area contributed by atoms with E-state index in [2.05, 4.69) is 64.1 Å². The average molecular weight is 523 g/mol. The van der Waals surface area contributed by atoms with Crippen molar-refractivity contribution in [1.29, 1.82) is 0 Å². The lowest BCUT2D eigenvalue weighted by molar-refractivity contribution is 0.102. The van der Waals surface area contributed by atoms with Gasteiger partial charge in [-0.25, -0.2) is 0 Å². The van der Waals surface area contributed by atoms with Gasteiger partial charge in [0.2, 0.25) is 0 Å². The van der Waals surface area contributed by atoms with E-state index in [1.54, 1.807) is 5.56 Å². The summed E-state index contributed by atoms with van der Waals surface area (Å²) in [4.78, 5) is 0. The van der Waals surface area contributed by atoms with Gasteiger partial charge in [-0.05, 0) is 91.7 Å². The van der Waals surface area contributed by atoms with Gasteiger partial charge in [-0.2, -0.15) is 0 Å². The molecule has 0 unspecified atom stereocenters. The van der Waals surface area contributed by atoms with E-state index in [0.29, 0.717) is 13.2 Å². The first-order chi connectivity index (χ1) is 18.7. The fourth-order valence-electron chi connectivity index (χ4n) is 5.22. The molecule has 0 atom stereocenters. The Morgan fingerprint density at radius 3 is 1.58 bits per heavy atom. The molecule has 0 saturated heterocycles. The Labute approximate surface area is 235 Å². The monoisotopic (exact) mass is 522 g/mol. The maximum atomic E-state index is 6.23. The van der Waals surface area contributed by atoms with Gasteiger partial charge in [0, 0.05) is 0 Å². The molecule has 2 aromatic rings. The van der Waals surface area contributed by atoms with E-state index in [-0.39, 0.29) is 0 Å². The minimum Gasteiger partial charge on any atom is -0.491 e. The lowest BCUT2D eigenvalue weighted by Gasteiger charge is -2.15. The molecule has 0 aromatic heterocycles. The van der Waals surface area contributed by atoms with Gasteiger partial charge in [0.25, 0.3) is 0 Å². The molecule has 0 bridgehead atoms. The molecule has 0 aliphatic rings. The van der Waals surface area contributed by atoms with Crippen LogP contribution in [0.4, 0.5) is 0 Å². The fourth-order valence-corrected chi connectivity index (χ4v) is 5.22. The van der Waals surface area contributed by atoms with Crippen molar-refractivity contribution in [2.75, 3.05) is 19.8 Å². The van der Waals surface area contributed by atoms with Crippen molar-refractivity contribution in [3.63, 3.8) is 0 Å². The number of benzene rings is 2. The summed E-state index contributed by atoms with van der Waals surface area (Å²) in [5.41, 5.74) is 7.36. The third-order valence-corrected chi connectivity index (χ3v) is 7.63. The first-order valence-electron chi connectivity index (χ1n) is 16.1. The number of rotatable bonds is 23. The van der Waals surface area contributed by atoms with E-state index in [1.807, 2.05) is 0 Å². The van der Waals surface area contributed by atoms with Gasteiger partial charge in [-0.1, -0.05) is 109 Å². The topological polar surface area (TPSA) is 18.5 Å². The van der Waals surface area contributed by atoms with Crippen LogP contribution in [0.1, 0.15) is 133 Å². The SMILES string of the molecule is CCCCCc1ccc(CCOCCOc2ccc(CCCCC)cc2CCCCC)c(CCCCC)c1. The second kappa shape index (κ2) is 21.1. The largest absolute Gasteiger partial charge is 0.491 e. The molecule has 0 amide bonds. The van der Waals surface area contributed by atoms with Crippen LogP contribution in [0, 0.1) is 0 Å². The van der Waals surface area contributed by atoms with E-state index in [4.69, 9.17) is 9.47 Å². The van der Waals surface area contributed by atoms with Crippen LogP contribution >= 0.6 is 0 Å². The highest BCUT2D eigenvalue weighted by molar-refractivity contribution is 5.37. The van der Waals surface area contributed by atoms with E-state index < -0.39 is 0 Å². The summed E-state index contributed by atoms with van der Waals surface area (Å²) < 4.78 is 12.3. The summed E-state index contributed by atoms with van der Waals surface area (Å²) in [7, 11) is 0. The fraction of sp³-hybridized carbons (Fsp3) is 0.667. The molecule has 38 heavy (non-hydrogen) atoms. The van der Waals surface area contributed by atoms with Crippen molar-refractivity contribution in [1.82, 2.24) is 0 Å². The number of hydrogen-bond donors (Lipinski definition) is 0. The van der Waals surface area contributed by atoms with Crippen molar-refractivity contribution in [2.24, 2.45) is 0 Å². The number of aryl methyl sites for hydroxylation is 4. The highest BCUT2D eigenvalue weighted by Crippen LogP contribution is 2.24. The van der Waals surface area contributed by atoms with E-state index in [0.717, 1.165) is 25.2 Å². The minimum absolute atomic E-state index is 0.621. The Hall–Kier alpha value is -1.80. The molecule has 0 heterocycles. The first kappa shape index (κ1) is 32.4. The third-order valence-electron chi connectivity index (χ3n) is 7.63. The number of unbranched alkanes of at least 4 members (excludes halogenated alkanes) is 8. The molecule has 0 fully saturated rings. The van der Waals surface area contributed by atoms with Gasteiger partial charge in [-0.3, -0.25) is 0 Å². The molecule has 2 heteroatoms. The van der Waals surface area contributed by atoms with E-state index in [9.17, 15) is 0 Å². The lowest BCUT2D eigenvalue weighted by atomic mass is 9.95. The molecule has 0 aliphatic heterocycles. The van der Waals surface area contributed by atoms with Crippen LogP contribution in [-0.2, 0) is 36.8 Å². The quantitative estimate of drug-likeness (QED) is 0.135. The Bertz CT molecular complexity index is 785. The van der Waals surface area contributed by atoms with Gasteiger partial charge >= 0.3 is 0 Å². The first-order valence-corrected chi connectivity index (χ1v) is 16.1. The number of ether oxygens (including phenoxy) is 2. The molecule has 2 nitrogen and oxygen atoms in total. The average Bonchev–Trinajstić information content (AvgIpc) is 2.93. The summed E-state index contributed by atoms with van der Waals surface area (Å²) in [5, 5.41) is 0. The molecule has 214 valence electrons. The van der Waals surface area contributed by atoms with Gasteiger partial charge < -0.3 is 9.47 Å². The summed E-state index contributed by atoms with van der Waals surface area (Å²) in [6.45, 7) is 11.1. The lowest BCUT2D eigenvalue weighted by Crippen LogP contribution is -2.10. The molecular formula is C36H58O2. The molecule has 0 aliphatic carbocycles. The van der Waals surface area contributed by atoms with Gasteiger partial charge in [-0.15, -0.1) is 0 Å². The zero-order valence-corrected chi connectivity index (χ0v) is 25.4. The van der Waals surface area contributed by atoms with E-state index >= 15 is 0 Å². The van der Waals surface area contributed by atoms with Crippen molar-refractivity contribution in [3.05, 3.63) is 64.2 Å². The second-order valence-corrected chi connectivity index (χ2v) is 11.1. The highest BCUT2D eigenvalue weighted by atomic mass is 16.5. The van der Waals surface area contributed by atoms with Gasteiger partial charge in [0.1, 0.15) is 12.4 Å². The molecule has 0 saturated carbocycles. The maximum Gasteiger partial charge on any atom is 0.122 e. The number of hydrogen-bond acceptors (Lipinski definition) is 2. The second-order valence-electron chi connectivity index (χ2n) is 11.1. The van der Waals surface area contributed by atoms with Crippen LogP contribution in [0.3, 0.4) is 0 Å². The third kappa shape index (κ3) is 13.3. The molecule has 2 rings (SSSR count). The normalized spacial score (nSPS) is 11.3. The highest BCUT2D eigenvalue weighted by Gasteiger charge is 2.08. The van der Waals surface area contributed by atoms with Crippen LogP contribution < -0.4 is 4.74 Å². The van der Waals surface area contributed by atoms with Crippen molar-refractivity contribution >= 4 is 0 Å². The summed E-state index contributed by atoms with van der Waals surface area (Å²) in [5.74, 6) is 1.06. The van der Waals surface area contributed by atoms with Crippen molar-refractivity contribution in [3.8, 4) is 5.75 Å². The molecule has 2 aromatic carbocycles. The Morgan fingerprint density at radius 1 is 0.447 bits per heavy atom. The molecule has 0 radical (unpaired) electrons. The minimum atomic E-state index is 0.621. The van der Waals surface area contributed by atoms with Crippen LogP contribution in [0.15, 0.2) is 36.4 Å². The molecule has 0 N–H and O–H groups in total.